The van der Waals surface area contributed by atoms with Gasteiger partial charge in [0.25, 0.3) is 0 Å². The van der Waals surface area contributed by atoms with Gasteiger partial charge in [-0.05, 0) is 24.1 Å². The van der Waals surface area contributed by atoms with Gasteiger partial charge in [0.15, 0.2) is 11.5 Å². The summed E-state index contributed by atoms with van der Waals surface area (Å²) < 4.78 is 2.45. The van der Waals surface area contributed by atoms with Crippen molar-refractivity contribution in [2.24, 2.45) is 0 Å². The van der Waals surface area contributed by atoms with Gasteiger partial charge in [-0.1, -0.05) is 6.07 Å². The van der Waals surface area contributed by atoms with Crippen molar-refractivity contribution in [3.8, 4) is 11.5 Å². The van der Waals surface area contributed by atoms with Crippen LogP contribution in [0.3, 0.4) is 0 Å². The van der Waals surface area contributed by atoms with E-state index in [1.54, 1.807) is 6.07 Å². The summed E-state index contributed by atoms with van der Waals surface area (Å²) in [6, 6.07) is 3.41. The molecule has 1 atom stereocenters. The van der Waals surface area contributed by atoms with Gasteiger partial charge in [-0.3, -0.25) is 4.79 Å². The first kappa shape index (κ1) is 11.8. The molecule has 5 nitrogen and oxygen atoms in total. The molecule has 0 unspecified atom stereocenters. The van der Waals surface area contributed by atoms with E-state index < -0.39 is 12.0 Å². The second-order valence-corrected chi connectivity index (χ2v) is 3.48. The molecule has 0 heterocycles. The van der Waals surface area contributed by atoms with Crippen LogP contribution < -0.4 is 4.34 Å². The molecule has 0 aliphatic rings. The number of halogens is 1. The lowest BCUT2D eigenvalue weighted by molar-refractivity contribution is -0.138. The van der Waals surface area contributed by atoms with E-state index >= 15 is 0 Å². The molecule has 0 radical (unpaired) electrons. The van der Waals surface area contributed by atoms with Crippen molar-refractivity contribution in [1.29, 1.82) is 0 Å². The topological polar surface area (TPSA) is 89.8 Å². The molecule has 6 heteroatoms. The molecule has 1 rings (SSSR count). The number of benzene rings is 1. The maximum absolute atomic E-state index is 10.7. The maximum Gasteiger partial charge on any atom is 0.321 e. The number of hydrogen-bond donors (Lipinski definition) is 4. The smallest absolute Gasteiger partial charge is 0.321 e. The largest absolute Gasteiger partial charge is 0.504 e. The number of carbonyl (C=O) groups is 1. The van der Waals surface area contributed by atoms with Gasteiger partial charge in [-0.15, -0.1) is 0 Å². The lowest BCUT2D eigenvalue weighted by Gasteiger charge is -2.10. The molecule has 0 aliphatic carbocycles. The normalized spacial score (nSPS) is 12.3. The average molecular weight is 276 g/mol. The minimum absolute atomic E-state index is 0.203. The molecule has 0 saturated carbocycles. The molecular formula is C9H10BrNO4. The van der Waals surface area contributed by atoms with Crippen molar-refractivity contribution < 1.29 is 20.1 Å². The van der Waals surface area contributed by atoms with Crippen LogP contribution in [-0.2, 0) is 11.2 Å². The fraction of sp³-hybridized carbons (Fsp3) is 0.222. The van der Waals surface area contributed by atoms with Crippen molar-refractivity contribution >= 4 is 22.1 Å². The Bertz CT molecular complexity index is 369. The second-order valence-electron chi connectivity index (χ2n) is 3.03. The average Bonchev–Trinajstić information content (AvgIpc) is 2.19. The quantitative estimate of drug-likeness (QED) is 0.486. The Kier molecular flexibility index (Phi) is 3.93. The van der Waals surface area contributed by atoms with Gasteiger partial charge >= 0.3 is 5.97 Å². The van der Waals surface area contributed by atoms with E-state index in [2.05, 4.69) is 20.5 Å². The molecule has 0 fully saturated rings. The van der Waals surface area contributed by atoms with Crippen molar-refractivity contribution in [3.63, 3.8) is 0 Å². The standard InChI is InChI=1S/C9H10BrNO4/c10-11-6(9(14)15)3-5-1-2-7(12)8(13)4-5/h1-2,4,6,11-13H,3H2,(H,14,15)/t6-/m0/s1. The number of nitrogens with one attached hydrogen (secondary N) is 1. The van der Waals surface area contributed by atoms with Crippen LogP contribution >= 0.6 is 16.1 Å². The summed E-state index contributed by atoms with van der Waals surface area (Å²) in [7, 11) is 0. The lowest BCUT2D eigenvalue weighted by atomic mass is 10.1. The number of phenols is 2. The molecule has 4 N–H and O–H groups in total. The van der Waals surface area contributed by atoms with Crippen LogP contribution in [0.5, 0.6) is 11.5 Å². The molecule has 0 aromatic heterocycles. The maximum atomic E-state index is 10.7. The van der Waals surface area contributed by atoms with Crippen LogP contribution in [0.2, 0.25) is 0 Å². The molecule has 0 aliphatic heterocycles. The Morgan fingerprint density at radius 2 is 2.07 bits per heavy atom. The highest BCUT2D eigenvalue weighted by Crippen LogP contribution is 2.25. The summed E-state index contributed by atoms with van der Waals surface area (Å²) in [6.45, 7) is 0. The SMILES string of the molecule is O=C(O)[C@H](Cc1ccc(O)c(O)c1)NBr. The lowest BCUT2D eigenvalue weighted by Crippen LogP contribution is -2.32. The van der Waals surface area contributed by atoms with Crippen LogP contribution in [0.25, 0.3) is 0 Å². The van der Waals surface area contributed by atoms with Crippen LogP contribution in [0.1, 0.15) is 5.56 Å². The Balaban J connectivity index is 2.80. The molecule has 0 bridgehead atoms. The fourth-order valence-corrected chi connectivity index (χ4v) is 1.46. The number of phenolic OH excluding ortho intramolecular Hbond substituents is 2. The van der Waals surface area contributed by atoms with Crippen LogP contribution in [0, 0.1) is 0 Å². The minimum atomic E-state index is -1.00. The highest BCUT2D eigenvalue weighted by Gasteiger charge is 2.16. The highest BCUT2D eigenvalue weighted by atomic mass is 79.9. The van der Waals surface area contributed by atoms with Crippen molar-refractivity contribution in [1.82, 2.24) is 4.34 Å². The third kappa shape index (κ3) is 3.10. The predicted molar refractivity (Wildman–Crippen MR) is 57.0 cm³/mol. The molecule has 0 spiro atoms. The third-order valence-corrected chi connectivity index (χ3v) is 2.46. The summed E-state index contributed by atoms with van der Waals surface area (Å²) in [5.41, 5.74) is 0.615. The first-order valence-electron chi connectivity index (χ1n) is 4.14. The van der Waals surface area contributed by atoms with E-state index in [0.29, 0.717) is 5.56 Å². The van der Waals surface area contributed by atoms with Crippen LogP contribution in [0.15, 0.2) is 18.2 Å². The summed E-state index contributed by atoms with van der Waals surface area (Å²) >= 11 is 2.86. The molecule has 0 amide bonds. The molecule has 1 aromatic rings. The zero-order chi connectivity index (χ0) is 11.4. The summed E-state index contributed by atoms with van der Waals surface area (Å²) in [6.07, 6.45) is 0.203. The van der Waals surface area contributed by atoms with E-state index in [-0.39, 0.29) is 17.9 Å². The fourth-order valence-electron chi connectivity index (χ4n) is 1.10. The Morgan fingerprint density at radius 1 is 1.40 bits per heavy atom. The van der Waals surface area contributed by atoms with Gasteiger partial charge in [0.2, 0.25) is 0 Å². The third-order valence-electron chi connectivity index (χ3n) is 1.91. The number of aromatic hydroxyl groups is 2. The van der Waals surface area contributed by atoms with E-state index in [1.807, 2.05) is 0 Å². The van der Waals surface area contributed by atoms with Gasteiger partial charge in [-0.25, -0.2) is 4.34 Å². The van der Waals surface area contributed by atoms with Gasteiger partial charge in [0.1, 0.15) is 6.04 Å². The second kappa shape index (κ2) is 4.99. The summed E-state index contributed by atoms with van der Waals surface area (Å²) in [5.74, 6) is -1.48. The molecular weight excluding hydrogens is 266 g/mol. The van der Waals surface area contributed by atoms with E-state index in [4.69, 9.17) is 10.2 Å². The first-order valence-corrected chi connectivity index (χ1v) is 4.93. The van der Waals surface area contributed by atoms with Gasteiger partial charge in [-0.2, -0.15) is 0 Å². The number of carboxylic acids is 1. The Labute approximate surface area is 94.7 Å². The van der Waals surface area contributed by atoms with Gasteiger partial charge in [0.05, 0.1) is 0 Å². The number of hydrogen-bond acceptors (Lipinski definition) is 4. The highest BCUT2D eigenvalue weighted by molar-refractivity contribution is 9.08. The molecule has 1 aromatic carbocycles. The molecule has 15 heavy (non-hydrogen) atoms. The minimum Gasteiger partial charge on any atom is -0.504 e. The van der Waals surface area contributed by atoms with Crippen molar-refractivity contribution in [2.75, 3.05) is 0 Å². The van der Waals surface area contributed by atoms with E-state index in [9.17, 15) is 9.90 Å². The molecule has 82 valence electrons. The first-order chi connectivity index (χ1) is 7.04. The summed E-state index contributed by atoms with van der Waals surface area (Å²) in [4.78, 5) is 10.7. The van der Waals surface area contributed by atoms with Gasteiger partial charge in [0, 0.05) is 16.1 Å². The van der Waals surface area contributed by atoms with Gasteiger partial charge < -0.3 is 15.3 Å². The monoisotopic (exact) mass is 275 g/mol. The van der Waals surface area contributed by atoms with Crippen LogP contribution in [-0.4, -0.2) is 27.3 Å². The van der Waals surface area contributed by atoms with Crippen LogP contribution in [0.4, 0.5) is 0 Å². The number of rotatable bonds is 4. The number of aliphatic carboxylic acids is 1. The van der Waals surface area contributed by atoms with E-state index in [0.717, 1.165) is 0 Å². The predicted octanol–water partition coefficient (Wildman–Crippen LogP) is 0.993. The summed E-state index contributed by atoms with van der Waals surface area (Å²) in [5, 5.41) is 27.0. The molecule has 0 saturated heterocycles. The van der Waals surface area contributed by atoms with Crippen molar-refractivity contribution in [3.05, 3.63) is 23.8 Å². The zero-order valence-electron chi connectivity index (χ0n) is 7.64. The van der Waals surface area contributed by atoms with Crippen molar-refractivity contribution in [2.45, 2.75) is 12.5 Å². The Hall–Kier alpha value is -1.27. The number of carboxylic acid groups (broad SMARTS) is 1. The Morgan fingerprint density at radius 3 is 2.53 bits per heavy atom. The zero-order valence-corrected chi connectivity index (χ0v) is 9.23. The van der Waals surface area contributed by atoms with E-state index in [1.165, 1.54) is 12.1 Å².